The first-order valence-corrected chi connectivity index (χ1v) is 13.6. The predicted molar refractivity (Wildman–Crippen MR) is 114 cm³/mol. The molecule has 4 heteroatoms. The van der Waals surface area contributed by atoms with Gasteiger partial charge < -0.3 is 9.64 Å². The molecule has 2 aliphatic rings. The smallest absolute Gasteiger partial charge is 0.237 e. The lowest BCUT2D eigenvalue weighted by molar-refractivity contribution is -0.139. The van der Waals surface area contributed by atoms with Crippen LogP contribution in [0.25, 0.3) is 0 Å². The van der Waals surface area contributed by atoms with Crippen LogP contribution >= 0.6 is 0 Å². The number of allylic oxidation sites excluding steroid dienone is 2. The number of methoxy groups -OCH3 is 1. The van der Waals surface area contributed by atoms with E-state index in [0.717, 1.165) is 32.2 Å². The topological polar surface area (TPSA) is 29.5 Å². The van der Waals surface area contributed by atoms with E-state index in [0.29, 0.717) is 6.61 Å². The van der Waals surface area contributed by atoms with E-state index in [-0.39, 0.29) is 11.9 Å². The summed E-state index contributed by atoms with van der Waals surface area (Å²) in [5.41, 5.74) is 0.685. The van der Waals surface area contributed by atoms with Gasteiger partial charge in [-0.25, -0.2) is 0 Å². The molecule has 0 saturated carbocycles. The van der Waals surface area contributed by atoms with Crippen molar-refractivity contribution < 1.29 is 9.53 Å². The number of ether oxygens (including phenoxy) is 1. The minimum Gasteiger partial charge on any atom is -0.383 e. The van der Waals surface area contributed by atoms with Crippen LogP contribution in [0.2, 0.25) is 19.6 Å². The van der Waals surface area contributed by atoms with Gasteiger partial charge in [-0.1, -0.05) is 73.4 Å². The molecule has 1 aliphatic heterocycles. The van der Waals surface area contributed by atoms with Gasteiger partial charge in [0.1, 0.15) is 0 Å². The van der Waals surface area contributed by atoms with Gasteiger partial charge in [0, 0.05) is 13.7 Å². The number of hydrogen-bond donors (Lipinski definition) is 0. The molecule has 1 fully saturated rings. The molecule has 2 atom stereocenters. The van der Waals surface area contributed by atoms with E-state index in [9.17, 15) is 4.79 Å². The van der Waals surface area contributed by atoms with E-state index in [4.69, 9.17) is 4.74 Å². The van der Waals surface area contributed by atoms with Gasteiger partial charge in [-0.2, -0.15) is 0 Å². The summed E-state index contributed by atoms with van der Waals surface area (Å²) < 4.78 is 5.42. The lowest BCUT2D eigenvalue weighted by Gasteiger charge is -2.43. The van der Waals surface area contributed by atoms with Crippen molar-refractivity contribution >= 4 is 14.0 Å². The molecule has 1 aromatic rings. The molecule has 1 saturated heterocycles. The number of likely N-dealkylation sites (tertiary alicyclic amines) is 1. The summed E-state index contributed by atoms with van der Waals surface area (Å²) in [6.07, 6.45) is 10.5. The van der Waals surface area contributed by atoms with Crippen molar-refractivity contribution in [2.75, 3.05) is 20.3 Å². The molecular weight excluding hydrogens is 350 g/mol. The van der Waals surface area contributed by atoms with Gasteiger partial charge in [0.15, 0.2) is 0 Å². The minimum absolute atomic E-state index is 0.202. The third kappa shape index (κ3) is 4.12. The van der Waals surface area contributed by atoms with Crippen molar-refractivity contribution in [1.82, 2.24) is 4.90 Å². The Bertz CT molecular complexity index is 720. The molecule has 0 aromatic heterocycles. The second-order valence-electron chi connectivity index (χ2n) is 8.89. The lowest BCUT2D eigenvalue weighted by Crippen LogP contribution is -2.52. The first kappa shape index (κ1) is 20.1. The van der Waals surface area contributed by atoms with Crippen molar-refractivity contribution in [3.8, 4) is 0 Å². The Morgan fingerprint density at radius 2 is 2.00 bits per heavy atom. The van der Waals surface area contributed by atoms with E-state index >= 15 is 0 Å². The van der Waals surface area contributed by atoms with Crippen LogP contribution in [0.3, 0.4) is 0 Å². The molecule has 0 N–H and O–H groups in total. The summed E-state index contributed by atoms with van der Waals surface area (Å²) in [6.45, 7) is 8.56. The van der Waals surface area contributed by atoms with Crippen LogP contribution in [-0.2, 0) is 16.0 Å². The highest BCUT2D eigenvalue weighted by Gasteiger charge is 2.49. The Hall–Kier alpha value is -1.65. The van der Waals surface area contributed by atoms with E-state index < -0.39 is 13.5 Å². The molecule has 27 heavy (non-hydrogen) atoms. The van der Waals surface area contributed by atoms with Gasteiger partial charge in [0.25, 0.3) is 0 Å². The number of carbonyl (C=O) groups is 1. The van der Waals surface area contributed by atoms with Crippen LogP contribution < -0.4 is 0 Å². The average molecular weight is 384 g/mol. The number of carbonyl (C=O) groups excluding carboxylic acids is 1. The third-order valence-electron chi connectivity index (χ3n) is 5.85. The van der Waals surface area contributed by atoms with E-state index in [1.54, 1.807) is 7.11 Å². The Morgan fingerprint density at radius 3 is 2.67 bits per heavy atom. The molecule has 1 aliphatic carbocycles. The van der Waals surface area contributed by atoms with Crippen molar-refractivity contribution in [2.45, 2.75) is 51.4 Å². The Kier molecular flexibility index (Phi) is 6.07. The zero-order valence-corrected chi connectivity index (χ0v) is 18.2. The highest BCUT2D eigenvalue weighted by Crippen LogP contribution is 2.44. The quantitative estimate of drug-likeness (QED) is 0.530. The average Bonchev–Trinajstić information content (AvgIpc) is 3.10. The van der Waals surface area contributed by atoms with Crippen molar-refractivity contribution in [3.05, 3.63) is 59.3 Å². The summed E-state index contributed by atoms with van der Waals surface area (Å²) >= 11 is 0. The molecule has 146 valence electrons. The Labute approximate surface area is 165 Å². The van der Waals surface area contributed by atoms with Gasteiger partial charge in [-0.3, -0.25) is 4.79 Å². The van der Waals surface area contributed by atoms with E-state index in [2.05, 4.69) is 67.0 Å². The first-order chi connectivity index (χ1) is 12.9. The predicted octanol–water partition coefficient (Wildman–Crippen LogP) is 4.62. The van der Waals surface area contributed by atoms with Gasteiger partial charge in [-0.05, 0) is 31.2 Å². The molecular formula is C23H33NO2Si. The van der Waals surface area contributed by atoms with Crippen LogP contribution in [0, 0.1) is 5.41 Å². The molecule has 0 radical (unpaired) electrons. The SMILES string of the molecule is COC[C@@H]1CCCN1C(=O)[C@@]1(Cc2ccccc2)C=CCC=C1[Si](C)(C)C. The summed E-state index contributed by atoms with van der Waals surface area (Å²) in [4.78, 5) is 16.2. The number of hydrogen-bond acceptors (Lipinski definition) is 2. The second-order valence-corrected chi connectivity index (χ2v) is 13.9. The monoisotopic (exact) mass is 383 g/mol. The maximum absolute atomic E-state index is 14.1. The molecule has 3 nitrogen and oxygen atoms in total. The fourth-order valence-electron chi connectivity index (χ4n) is 4.76. The molecule has 1 aromatic carbocycles. The van der Waals surface area contributed by atoms with Crippen LogP contribution in [0.4, 0.5) is 0 Å². The zero-order chi connectivity index (χ0) is 19.5. The Morgan fingerprint density at radius 1 is 1.26 bits per heavy atom. The van der Waals surface area contributed by atoms with E-state index in [1.807, 2.05) is 6.07 Å². The molecule has 0 unspecified atom stereocenters. The van der Waals surface area contributed by atoms with Gasteiger partial charge in [0.2, 0.25) is 5.91 Å². The van der Waals surface area contributed by atoms with Crippen LogP contribution in [-0.4, -0.2) is 45.2 Å². The largest absolute Gasteiger partial charge is 0.383 e. The number of amides is 1. The fraction of sp³-hybridized carbons (Fsp3) is 0.522. The summed E-state index contributed by atoms with van der Waals surface area (Å²) in [6, 6.07) is 10.7. The van der Waals surface area contributed by atoms with Gasteiger partial charge in [0.05, 0.1) is 26.1 Å². The normalized spacial score (nSPS) is 25.6. The highest BCUT2D eigenvalue weighted by molar-refractivity contribution is 6.83. The standard InChI is InChI=1S/C23H33NO2Si/c1-26-18-20-13-10-16-24(20)22(25)23(17-19-11-6-5-7-12-19)15-9-8-14-21(23)27(2,3)4/h5-7,9,11-12,14-15,20H,8,10,13,16-18H2,1-4H3/t20-,23+/m0/s1. The van der Waals surface area contributed by atoms with Crippen LogP contribution in [0.1, 0.15) is 24.8 Å². The number of nitrogens with zero attached hydrogens (tertiary/aromatic N) is 1. The first-order valence-electron chi connectivity index (χ1n) is 10.1. The van der Waals surface area contributed by atoms with Crippen LogP contribution in [0.15, 0.2) is 53.8 Å². The van der Waals surface area contributed by atoms with Crippen molar-refractivity contribution in [1.29, 1.82) is 0 Å². The van der Waals surface area contributed by atoms with E-state index in [1.165, 1.54) is 10.8 Å². The van der Waals surface area contributed by atoms with Gasteiger partial charge >= 0.3 is 0 Å². The highest BCUT2D eigenvalue weighted by atomic mass is 28.3. The van der Waals surface area contributed by atoms with Gasteiger partial charge in [-0.15, -0.1) is 0 Å². The fourth-order valence-corrected chi connectivity index (χ4v) is 7.11. The van der Waals surface area contributed by atoms with Crippen LogP contribution in [0.5, 0.6) is 0 Å². The second kappa shape index (κ2) is 8.15. The maximum atomic E-state index is 14.1. The van der Waals surface area contributed by atoms with Crippen molar-refractivity contribution in [3.63, 3.8) is 0 Å². The zero-order valence-electron chi connectivity index (χ0n) is 17.2. The number of rotatable bonds is 6. The minimum atomic E-state index is -1.67. The lowest BCUT2D eigenvalue weighted by atomic mass is 9.76. The summed E-state index contributed by atoms with van der Waals surface area (Å²) in [5.74, 6) is 0.274. The summed E-state index contributed by atoms with van der Waals surface area (Å²) in [7, 11) is 0.0620. The molecule has 1 amide bonds. The molecule has 0 spiro atoms. The van der Waals surface area contributed by atoms with Crippen molar-refractivity contribution in [2.24, 2.45) is 5.41 Å². The summed E-state index contributed by atoms with van der Waals surface area (Å²) in [5, 5.41) is 1.38. The maximum Gasteiger partial charge on any atom is 0.237 e. The number of benzene rings is 1. The third-order valence-corrected chi connectivity index (χ3v) is 8.12. The molecule has 1 heterocycles. The molecule has 3 rings (SSSR count). The molecule has 0 bridgehead atoms. The Balaban J connectivity index is 2.04.